The van der Waals surface area contributed by atoms with E-state index in [-0.39, 0.29) is 63.5 Å². The van der Waals surface area contributed by atoms with Gasteiger partial charge in [-0.15, -0.1) is 33.4 Å². The van der Waals surface area contributed by atoms with E-state index in [4.69, 9.17) is 0 Å². The molecule has 3 aromatic carbocycles. The van der Waals surface area contributed by atoms with Crippen molar-refractivity contribution in [2.75, 3.05) is 6.61 Å². The molecule has 1 atom stereocenters. The summed E-state index contributed by atoms with van der Waals surface area (Å²) in [5.41, 5.74) is 6.38. The second-order valence-electron chi connectivity index (χ2n) is 7.18. The predicted molar refractivity (Wildman–Crippen MR) is 110 cm³/mol. The van der Waals surface area contributed by atoms with Gasteiger partial charge in [0.1, 0.15) is 0 Å². The number of allylic oxidation sites excluding steroid dienone is 1. The molecule has 0 spiro atoms. The summed E-state index contributed by atoms with van der Waals surface area (Å²) >= 11 is 0. The van der Waals surface area contributed by atoms with Gasteiger partial charge in [-0.2, -0.15) is 0 Å². The van der Waals surface area contributed by atoms with Crippen molar-refractivity contribution in [1.82, 2.24) is 0 Å². The molecule has 0 aliphatic heterocycles. The Kier molecular flexibility index (Phi) is 8.48. The Morgan fingerprint density at radius 3 is 2.43 bits per heavy atom. The van der Waals surface area contributed by atoms with Crippen molar-refractivity contribution in [3.05, 3.63) is 110 Å². The third kappa shape index (κ3) is 3.92. The Morgan fingerprint density at radius 2 is 1.67 bits per heavy atom. The average Bonchev–Trinajstić information content (AvgIpc) is 3.26. The molecular weight excluding hydrogens is 490 g/mol. The van der Waals surface area contributed by atoms with E-state index in [2.05, 4.69) is 85.8 Å². The van der Waals surface area contributed by atoms with Gasteiger partial charge in [-0.25, -0.2) is 0 Å². The predicted octanol–water partition coefficient (Wildman–Crippen LogP) is -2.29. The fraction of sp³-hybridized carbons (Fsp3) is 0.154. The number of rotatable bonds is 3. The number of halogens is 2. The van der Waals surface area contributed by atoms with Crippen molar-refractivity contribution in [3.63, 3.8) is 0 Å². The number of fused-ring (bicyclic) bond motifs is 3. The summed E-state index contributed by atoms with van der Waals surface area (Å²) in [6, 6.07) is 21.6. The maximum atomic E-state index is 9.52. The molecule has 149 valence electrons. The molecule has 3 aromatic rings. The van der Waals surface area contributed by atoms with Gasteiger partial charge in [-0.1, -0.05) is 77.5 Å². The fourth-order valence-electron chi connectivity index (χ4n) is 4.56. The van der Waals surface area contributed by atoms with Crippen molar-refractivity contribution < 1.29 is 56.1 Å². The summed E-state index contributed by atoms with van der Waals surface area (Å²) in [5, 5.41) is 14.5. The van der Waals surface area contributed by atoms with E-state index in [0.29, 0.717) is 6.42 Å². The number of hydrogen-bond acceptors (Lipinski definition) is 1. The van der Waals surface area contributed by atoms with Crippen LogP contribution in [0.25, 0.3) is 17.7 Å². The van der Waals surface area contributed by atoms with Gasteiger partial charge in [0.05, 0.1) is 0 Å². The van der Waals surface area contributed by atoms with Gasteiger partial charge in [0, 0.05) is 12.5 Å². The first-order valence-electron chi connectivity index (χ1n) is 9.55. The summed E-state index contributed by atoms with van der Waals surface area (Å²) in [7, 11) is 0. The van der Waals surface area contributed by atoms with Gasteiger partial charge in [0.2, 0.25) is 0 Å². The van der Waals surface area contributed by atoms with Crippen molar-refractivity contribution in [3.8, 4) is 0 Å². The van der Waals surface area contributed by atoms with Crippen LogP contribution >= 0.6 is 0 Å². The Bertz CT molecular complexity index is 1310. The molecule has 1 nitrogen and oxygen atoms in total. The summed E-state index contributed by atoms with van der Waals surface area (Å²) < 4.78 is 0. The number of benzene rings is 3. The zero-order valence-corrected chi connectivity index (χ0v) is 20.6. The number of hydrogen-bond donors (Lipinski definition) is 1. The molecule has 2 aliphatic carbocycles. The van der Waals surface area contributed by atoms with Crippen LogP contribution in [0.5, 0.6) is 0 Å². The fourth-order valence-corrected chi connectivity index (χ4v) is 4.56. The first kappa shape index (κ1) is 24.8. The Hall–Kier alpha value is -1.44. The van der Waals surface area contributed by atoms with Crippen molar-refractivity contribution in [1.29, 1.82) is 0 Å². The standard InChI is InChI=1S/C26H21O.2ClH.Zr/c1-2-17-11-12-23-20-8-4-3-7-18(20)15-25(23)26(17)24-16-19(13-14-27)21-9-5-6-10-22(21)24;;;/h2-12,16,24,27H,13-14H2,1H3;2*1H;/q-1;;;+3/p-2. The SMILES string of the molecule is CC=c1ccc2c(c1C1C=C(CCO)c3ccccc31)[C-]=c1ccccc1=2.[Cl-].[Cl-].[Zr+3]. The largest absolute Gasteiger partial charge is 3.00 e. The normalized spacial score (nSPS) is 15.5. The van der Waals surface area contributed by atoms with Crippen molar-refractivity contribution in [2.45, 2.75) is 19.3 Å². The minimum absolute atomic E-state index is 0. The average molecular weight is 512 g/mol. The molecule has 0 heterocycles. The van der Waals surface area contributed by atoms with Gasteiger partial charge < -0.3 is 29.9 Å². The molecule has 30 heavy (non-hydrogen) atoms. The summed E-state index contributed by atoms with van der Waals surface area (Å²) in [4.78, 5) is 0. The second-order valence-corrected chi connectivity index (χ2v) is 7.18. The van der Waals surface area contributed by atoms with Gasteiger partial charge in [0.25, 0.3) is 0 Å². The topological polar surface area (TPSA) is 20.2 Å². The molecule has 1 unspecified atom stereocenters. The summed E-state index contributed by atoms with van der Waals surface area (Å²) in [5.74, 6) is 0.200. The third-order valence-electron chi connectivity index (χ3n) is 5.77. The molecule has 1 radical (unpaired) electrons. The van der Waals surface area contributed by atoms with Crippen LogP contribution in [0.2, 0.25) is 0 Å². The molecule has 0 bridgehead atoms. The molecule has 0 saturated carbocycles. The van der Waals surface area contributed by atoms with Gasteiger partial charge in [-0.05, 0) is 30.0 Å². The number of aliphatic hydroxyl groups is 1. The van der Waals surface area contributed by atoms with E-state index in [1.807, 2.05) is 0 Å². The van der Waals surface area contributed by atoms with Crippen LogP contribution in [0, 0.1) is 10.4 Å². The third-order valence-corrected chi connectivity index (χ3v) is 5.77. The minimum Gasteiger partial charge on any atom is -1.00 e. The zero-order valence-electron chi connectivity index (χ0n) is 16.6. The van der Waals surface area contributed by atoms with Crippen LogP contribution in [0.3, 0.4) is 0 Å². The maximum Gasteiger partial charge on any atom is 3.00 e. The van der Waals surface area contributed by atoms with E-state index in [9.17, 15) is 5.11 Å². The molecule has 0 aromatic heterocycles. The summed E-state index contributed by atoms with van der Waals surface area (Å²) in [6.45, 7) is 2.28. The van der Waals surface area contributed by atoms with Crippen LogP contribution < -0.4 is 35.3 Å². The van der Waals surface area contributed by atoms with Crippen LogP contribution in [-0.2, 0) is 26.2 Å². The van der Waals surface area contributed by atoms with Crippen LogP contribution in [-0.4, -0.2) is 11.7 Å². The van der Waals surface area contributed by atoms with Crippen LogP contribution in [0.1, 0.15) is 41.5 Å². The smallest absolute Gasteiger partial charge is 1.00 e. The van der Waals surface area contributed by atoms with Crippen molar-refractivity contribution >= 4 is 17.7 Å². The molecule has 2 aliphatic rings. The molecular formula is C26H21Cl2OZr. The monoisotopic (exact) mass is 509 g/mol. The minimum atomic E-state index is 0. The van der Waals surface area contributed by atoms with E-state index < -0.39 is 0 Å². The zero-order chi connectivity index (χ0) is 18.4. The van der Waals surface area contributed by atoms with Crippen LogP contribution in [0.15, 0.2) is 66.7 Å². The molecule has 0 fully saturated rings. The number of aliphatic hydroxyl groups excluding tert-OH is 1. The quantitative estimate of drug-likeness (QED) is 0.307. The summed E-state index contributed by atoms with van der Waals surface area (Å²) in [6.07, 6.45) is 8.91. The Balaban J connectivity index is 0.00000107. The maximum absolute atomic E-state index is 9.52. The van der Waals surface area contributed by atoms with Crippen LogP contribution in [0.4, 0.5) is 0 Å². The molecule has 0 saturated heterocycles. The van der Waals surface area contributed by atoms with E-state index in [1.165, 1.54) is 48.7 Å². The van der Waals surface area contributed by atoms with E-state index >= 15 is 0 Å². The van der Waals surface area contributed by atoms with E-state index in [1.54, 1.807) is 0 Å². The van der Waals surface area contributed by atoms with E-state index in [0.717, 1.165) is 0 Å². The molecule has 1 N–H and O–H groups in total. The second kappa shape index (κ2) is 10.2. The Morgan fingerprint density at radius 1 is 0.933 bits per heavy atom. The molecule has 0 amide bonds. The van der Waals surface area contributed by atoms with Gasteiger partial charge in [-0.3, -0.25) is 0 Å². The van der Waals surface area contributed by atoms with Gasteiger partial charge >= 0.3 is 26.2 Å². The molecule has 4 heteroatoms. The van der Waals surface area contributed by atoms with Crippen molar-refractivity contribution in [2.24, 2.45) is 0 Å². The Labute approximate surface area is 208 Å². The van der Waals surface area contributed by atoms with Gasteiger partial charge in [0.15, 0.2) is 0 Å². The first-order valence-corrected chi connectivity index (χ1v) is 9.55. The molecule has 5 rings (SSSR count). The first-order chi connectivity index (χ1) is 13.3.